The molecule has 0 fully saturated rings. The van der Waals surface area contributed by atoms with E-state index in [0.29, 0.717) is 6.42 Å². The number of anilines is 1. The first kappa shape index (κ1) is 33.9. The Hall–Kier alpha value is -5.03. The van der Waals surface area contributed by atoms with Gasteiger partial charge in [0, 0.05) is 31.1 Å². The standard InChI is InChI=1S/C35H38N4O6S/c1-4-27(3)36-35(41)33(22-28-14-7-5-8-15-28)37(24-29-16-11-13-26(2)21-29)34(40)25-38(30-17-12-18-31(23-30)39(42)43)46(44,45)32-19-9-6-10-20-32/h5-21,23,27,33H,4,22,24-25H2,1-3H3,(H,36,41). The van der Waals surface area contributed by atoms with E-state index >= 15 is 0 Å². The van der Waals surface area contributed by atoms with Crippen molar-refractivity contribution in [2.24, 2.45) is 0 Å². The lowest BCUT2D eigenvalue weighted by atomic mass is 10.0. The van der Waals surface area contributed by atoms with E-state index in [9.17, 15) is 28.1 Å². The molecule has 0 radical (unpaired) electrons. The summed E-state index contributed by atoms with van der Waals surface area (Å²) in [7, 11) is -4.37. The van der Waals surface area contributed by atoms with Crippen molar-refractivity contribution in [1.29, 1.82) is 0 Å². The van der Waals surface area contributed by atoms with E-state index in [1.807, 2.05) is 75.4 Å². The van der Waals surface area contributed by atoms with Crippen molar-refractivity contribution in [2.45, 2.75) is 57.1 Å². The molecule has 0 spiro atoms. The Morgan fingerprint density at radius 3 is 2.13 bits per heavy atom. The summed E-state index contributed by atoms with van der Waals surface area (Å²) in [4.78, 5) is 40.7. The number of nitro benzene ring substituents is 1. The van der Waals surface area contributed by atoms with Gasteiger partial charge in [0.15, 0.2) is 0 Å². The van der Waals surface area contributed by atoms with Crippen LogP contribution >= 0.6 is 0 Å². The third-order valence-electron chi connectivity index (χ3n) is 7.65. The monoisotopic (exact) mass is 642 g/mol. The number of nitrogens with zero attached hydrogens (tertiary/aromatic N) is 3. The molecule has 0 bridgehead atoms. The summed E-state index contributed by atoms with van der Waals surface area (Å²) in [6.07, 6.45) is 0.856. The highest BCUT2D eigenvalue weighted by Crippen LogP contribution is 2.28. The van der Waals surface area contributed by atoms with Gasteiger partial charge in [0.2, 0.25) is 11.8 Å². The number of aryl methyl sites for hydroxylation is 1. The topological polar surface area (TPSA) is 130 Å². The smallest absolute Gasteiger partial charge is 0.271 e. The molecule has 46 heavy (non-hydrogen) atoms. The highest BCUT2D eigenvalue weighted by Gasteiger charge is 2.35. The van der Waals surface area contributed by atoms with Crippen molar-refractivity contribution in [1.82, 2.24) is 10.2 Å². The molecule has 0 saturated carbocycles. The van der Waals surface area contributed by atoms with Crippen LogP contribution in [0, 0.1) is 17.0 Å². The van der Waals surface area contributed by atoms with Crippen LogP contribution < -0.4 is 9.62 Å². The van der Waals surface area contributed by atoms with Crippen LogP contribution in [0.3, 0.4) is 0 Å². The van der Waals surface area contributed by atoms with Crippen LogP contribution in [0.25, 0.3) is 0 Å². The molecule has 10 nitrogen and oxygen atoms in total. The average Bonchev–Trinajstić information content (AvgIpc) is 3.05. The molecule has 0 heterocycles. The van der Waals surface area contributed by atoms with Gasteiger partial charge >= 0.3 is 0 Å². The van der Waals surface area contributed by atoms with Gasteiger partial charge in [-0.25, -0.2) is 8.42 Å². The van der Waals surface area contributed by atoms with Crippen molar-refractivity contribution >= 4 is 33.2 Å². The third kappa shape index (κ3) is 8.57. The zero-order chi connectivity index (χ0) is 33.3. The third-order valence-corrected chi connectivity index (χ3v) is 9.43. The molecule has 2 unspecified atom stereocenters. The number of benzene rings is 4. The van der Waals surface area contributed by atoms with Gasteiger partial charge in [-0.05, 0) is 49.6 Å². The van der Waals surface area contributed by atoms with Crippen molar-refractivity contribution in [3.8, 4) is 0 Å². The fraction of sp³-hybridized carbons (Fsp3) is 0.257. The SMILES string of the molecule is CCC(C)NC(=O)C(Cc1ccccc1)N(Cc1cccc(C)c1)C(=O)CN(c1cccc([N+](=O)[O-])c1)S(=O)(=O)c1ccccc1. The van der Waals surface area contributed by atoms with Gasteiger partial charge in [-0.1, -0.05) is 91.3 Å². The number of sulfonamides is 1. The normalized spacial score (nSPS) is 12.5. The minimum Gasteiger partial charge on any atom is -0.352 e. The zero-order valence-electron chi connectivity index (χ0n) is 26.1. The molecule has 4 aromatic carbocycles. The molecule has 4 rings (SSSR count). The van der Waals surface area contributed by atoms with E-state index in [4.69, 9.17) is 0 Å². The Balaban J connectivity index is 1.83. The van der Waals surface area contributed by atoms with Crippen LogP contribution in [0.1, 0.15) is 37.0 Å². The Morgan fingerprint density at radius 1 is 0.870 bits per heavy atom. The summed E-state index contributed by atoms with van der Waals surface area (Å²) in [6.45, 7) is 5.06. The molecule has 2 atom stereocenters. The van der Waals surface area contributed by atoms with Crippen LogP contribution in [0.15, 0.2) is 114 Å². The minimum absolute atomic E-state index is 0.0279. The number of hydrogen-bond donors (Lipinski definition) is 1. The van der Waals surface area contributed by atoms with Crippen molar-refractivity contribution < 1.29 is 22.9 Å². The molecule has 4 aromatic rings. The summed E-state index contributed by atoms with van der Waals surface area (Å²) in [6, 6.07) is 28.4. The maximum atomic E-state index is 14.5. The Labute approximate surface area is 269 Å². The Bertz CT molecular complexity index is 1770. The van der Waals surface area contributed by atoms with Gasteiger partial charge in [0.25, 0.3) is 15.7 Å². The van der Waals surface area contributed by atoms with Crippen LogP contribution in [-0.2, 0) is 32.6 Å². The summed E-state index contributed by atoms with van der Waals surface area (Å²) < 4.78 is 29.0. The molecule has 240 valence electrons. The van der Waals surface area contributed by atoms with Gasteiger partial charge in [0.05, 0.1) is 15.5 Å². The number of carbonyl (C=O) groups excluding carboxylic acids is 2. The Kier molecular flexibility index (Phi) is 11.3. The molecule has 0 aliphatic heterocycles. The fourth-order valence-electron chi connectivity index (χ4n) is 5.01. The van der Waals surface area contributed by atoms with Crippen molar-refractivity contribution in [2.75, 3.05) is 10.8 Å². The second kappa shape index (κ2) is 15.3. The summed E-state index contributed by atoms with van der Waals surface area (Å²) in [5.74, 6) is -1.01. The lowest BCUT2D eigenvalue weighted by Crippen LogP contribution is -2.54. The maximum Gasteiger partial charge on any atom is 0.271 e. The van der Waals surface area contributed by atoms with Crippen molar-refractivity contribution in [3.63, 3.8) is 0 Å². The molecule has 0 aliphatic rings. The van der Waals surface area contributed by atoms with Gasteiger partial charge in [-0.2, -0.15) is 0 Å². The van der Waals surface area contributed by atoms with Gasteiger partial charge < -0.3 is 10.2 Å². The molecule has 0 aliphatic carbocycles. The second-order valence-electron chi connectivity index (χ2n) is 11.1. The number of nitro groups is 1. The molecular weight excluding hydrogens is 604 g/mol. The van der Waals surface area contributed by atoms with E-state index in [-0.39, 0.29) is 41.2 Å². The minimum atomic E-state index is -4.37. The van der Waals surface area contributed by atoms with Gasteiger partial charge in [-0.15, -0.1) is 0 Å². The summed E-state index contributed by atoms with van der Waals surface area (Å²) >= 11 is 0. The number of hydrogen-bond acceptors (Lipinski definition) is 6. The van der Waals surface area contributed by atoms with Crippen molar-refractivity contribution in [3.05, 3.63) is 136 Å². The van der Waals surface area contributed by atoms with E-state index in [1.165, 1.54) is 35.2 Å². The van der Waals surface area contributed by atoms with Gasteiger partial charge in [0.1, 0.15) is 12.6 Å². The highest BCUT2D eigenvalue weighted by atomic mass is 32.2. The number of amides is 2. The largest absolute Gasteiger partial charge is 0.352 e. The predicted molar refractivity (Wildman–Crippen MR) is 178 cm³/mol. The lowest BCUT2D eigenvalue weighted by Gasteiger charge is -2.34. The van der Waals surface area contributed by atoms with E-state index in [2.05, 4.69) is 5.32 Å². The van der Waals surface area contributed by atoms with Crippen LogP contribution in [0.4, 0.5) is 11.4 Å². The lowest BCUT2D eigenvalue weighted by molar-refractivity contribution is -0.384. The van der Waals surface area contributed by atoms with E-state index in [1.54, 1.807) is 18.2 Å². The summed E-state index contributed by atoms with van der Waals surface area (Å²) in [5.41, 5.74) is 2.16. The van der Waals surface area contributed by atoms with E-state index in [0.717, 1.165) is 27.1 Å². The van der Waals surface area contributed by atoms with Crippen LogP contribution in [0.2, 0.25) is 0 Å². The molecular formula is C35H38N4O6S. The maximum absolute atomic E-state index is 14.5. The fourth-order valence-corrected chi connectivity index (χ4v) is 6.44. The molecule has 0 saturated heterocycles. The van der Waals surface area contributed by atoms with E-state index < -0.39 is 33.4 Å². The Morgan fingerprint density at radius 2 is 1.50 bits per heavy atom. The number of nitrogens with one attached hydrogen (secondary N) is 1. The summed E-state index contributed by atoms with van der Waals surface area (Å²) in [5, 5.41) is 14.6. The number of carbonyl (C=O) groups is 2. The molecule has 0 aromatic heterocycles. The molecule has 2 amide bonds. The predicted octanol–water partition coefficient (Wildman–Crippen LogP) is 5.65. The van der Waals surface area contributed by atoms with Crippen LogP contribution in [-0.4, -0.2) is 48.7 Å². The van der Waals surface area contributed by atoms with Crippen LogP contribution in [0.5, 0.6) is 0 Å². The second-order valence-corrected chi connectivity index (χ2v) is 13.0. The molecule has 11 heteroatoms. The average molecular weight is 643 g/mol. The first-order valence-electron chi connectivity index (χ1n) is 15.0. The number of non-ortho nitro benzene ring substituents is 1. The van der Waals surface area contributed by atoms with Gasteiger partial charge in [-0.3, -0.25) is 24.0 Å². The quantitative estimate of drug-likeness (QED) is 0.140. The number of rotatable bonds is 14. The highest BCUT2D eigenvalue weighted by molar-refractivity contribution is 7.92. The zero-order valence-corrected chi connectivity index (χ0v) is 26.9. The first-order valence-corrected chi connectivity index (χ1v) is 16.4. The molecule has 1 N–H and O–H groups in total. The first-order chi connectivity index (χ1) is 22.0.